The van der Waals surface area contributed by atoms with E-state index in [1.54, 1.807) is 0 Å². The van der Waals surface area contributed by atoms with Gasteiger partial charge in [-0.1, -0.05) is 24.6 Å². The van der Waals surface area contributed by atoms with Gasteiger partial charge in [0.15, 0.2) is 0 Å². The van der Waals surface area contributed by atoms with E-state index >= 15 is 0 Å². The van der Waals surface area contributed by atoms with Gasteiger partial charge in [-0.05, 0) is 41.9 Å². The molecule has 0 fully saturated rings. The highest BCUT2D eigenvalue weighted by Crippen LogP contribution is 2.50. The number of rotatable bonds is 2. The maximum absolute atomic E-state index is 12.4. The number of carbonyl (C=O) groups excluding carboxylic acids is 2. The maximum Gasteiger partial charge on any atom is 0.312 e. The number of esters is 2. The maximum atomic E-state index is 12.4. The van der Waals surface area contributed by atoms with E-state index in [2.05, 4.69) is 6.07 Å². The van der Waals surface area contributed by atoms with Crippen LogP contribution in [0.25, 0.3) is 0 Å². The minimum atomic E-state index is -1.05. The molecule has 23 heavy (non-hydrogen) atoms. The Morgan fingerprint density at radius 2 is 1.78 bits per heavy atom. The van der Waals surface area contributed by atoms with E-state index in [1.165, 1.54) is 19.8 Å². The summed E-state index contributed by atoms with van der Waals surface area (Å²) in [5, 5.41) is 10.8. The summed E-state index contributed by atoms with van der Waals surface area (Å²) in [5.41, 5.74) is 2.96. The zero-order chi connectivity index (χ0) is 16.6. The number of aryl methyl sites for hydroxylation is 1. The number of ether oxygens (including phenoxy) is 2. The molecule has 4 atom stereocenters. The van der Waals surface area contributed by atoms with Crippen LogP contribution in [0, 0.1) is 11.8 Å². The van der Waals surface area contributed by atoms with E-state index in [4.69, 9.17) is 9.47 Å². The van der Waals surface area contributed by atoms with Gasteiger partial charge in [0, 0.05) is 0 Å². The molecule has 124 valence electrons. The summed E-state index contributed by atoms with van der Waals surface area (Å²) in [6, 6.07) is 5.81. The van der Waals surface area contributed by atoms with E-state index < -0.39 is 29.9 Å². The number of hydrogen-bond acceptors (Lipinski definition) is 5. The summed E-state index contributed by atoms with van der Waals surface area (Å²) >= 11 is 0. The van der Waals surface area contributed by atoms with Crippen molar-refractivity contribution in [2.75, 3.05) is 14.2 Å². The van der Waals surface area contributed by atoms with Gasteiger partial charge in [0.1, 0.15) is 5.92 Å². The molecule has 0 bridgehead atoms. The van der Waals surface area contributed by atoms with Gasteiger partial charge in [-0.2, -0.15) is 0 Å². The molecule has 0 aromatic heterocycles. The molecule has 0 radical (unpaired) electrons. The zero-order valence-electron chi connectivity index (χ0n) is 13.5. The van der Waals surface area contributed by atoms with Crippen molar-refractivity contribution in [1.29, 1.82) is 0 Å². The lowest BCUT2D eigenvalue weighted by atomic mass is 9.65. The molecule has 1 aromatic rings. The number of aliphatic hydroxyl groups excluding tert-OH is 1. The molecule has 0 amide bonds. The van der Waals surface area contributed by atoms with Crippen molar-refractivity contribution in [2.24, 2.45) is 11.8 Å². The Morgan fingerprint density at radius 1 is 1.09 bits per heavy atom. The molecule has 2 aliphatic rings. The molecule has 0 heterocycles. The first-order valence-corrected chi connectivity index (χ1v) is 8.05. The average molecular weight is 318 g/mol. The number of hydrogen-bond donors (Lipinski definition) is 1. The van der Waals surface area contributed by atoms with Crippen molar-refractivity contribution in [3.8, 4) is 0 Å². The smallest absolute Gasteiger partial charge is 0.312 e. The van der Waals surface area contributed by atoms with Crippen LogP contribution in [-0.4, -0.2) is 31.3 Å². The molecule has 5 heteroatoms. The third-order valence-electron chi connectivity index (χ3n) is 5.24. The van der Waals surface area contributed by atoms with Crippen molar-refractivity contribution in [3.63, 3.8) is 0 Å². The lowest BCUT2D eigenvalue weighted by Gasteiger charge is -2.40. The molecule has 1 N–H and O–H groups in total. The normalized spacial score (nSPS) is 29.2. The van der Waals surface area contributed by atoms with Gasteiger partial charge >= 0.3 is 11.9 Å². The SMILES string of the molecule is COC(=O)[C@@H]1[C@@H](C(=O)OC)[C@H]2CCCCc3cccc(c32)[C@@H]1O. The second-order valence-electron chi connectivity index (χ2n) is 6.32. The number of aliphatic hydroxyl groups is 1. The largest absolute Gasteiger partial charge is 0.469 e. The predicted octanol–water partition coefficient (Wildman–Crippen LogP) is 2.12. The summed E-state index contributed by atoms with van der Waals surface area (Å²) in [7, 11) is 2.60. The van der Waals surface area contributed by atoms with Crippen molar-refractivity contribution >= 4 is 11.9 Å². The van der Waals surface area contributed by atoms with Crippen LogP contribution in [0.3, 0.4) is 0 Å². The van der Waals surface area contributed by atoms with Gasteiger partial charge in [-0.25, -0.2) is 0 Å². The predicted molar refractivity (Wildman–Crippen MR) is 82.7 cm³/mol. The van der Waals surface area contributed by atoms with Gasteiger partial charge < -0.3 is 14.6 Å². The van der Waals surface area contributed by atoms with Crippen molar-refractivity contribution < 1.29 is 24.2 Å². The minimum absolute atomic E-state index is 0.108. The highest BCUT2D eigenvalue weighted by molar-refractivity contribution is 5.84. The number of methoxy groups -OCH3 is 2. The van der Waals surface area contributed by atoms with Crippen molar-refractivity contribution in [3.05, 3.63) is 34.9 Å². The van der Waals surface area contributed by atoms with E-state index in [0.29, 0.717) is 0 Å². The van der Waals surface area contributed by atoms with Crippen molar-refractivity contribution in [2.45, 2.75) is 37.7 Å². The average Bonchev–Trinajstić information content (AvgIpc) is 2.79. The second kappa shape index (κ2) is 6.32. The van der Waals surface area contributed by atoms with Crippen LogP contribution in [0.1, 0.15) is 48.0 Å². The highest BCUT2D eigenvalue weighted by Gasteiger charge is 2.51. The molecule has 0 saturated carbocycles. The second-order valence-corrected chi connectivity index (χ2v) is 6.32. The first kappa shape index (κ1) is 16.0. The van der Waals surface area contributed by atoms with E-state index in [9.17, 15) is 14.7 Å². The summed E-state index contributed by atoms with van der Waals surface area (Å²) in [6.45, 7) is 0. The van der Waals surface area contributed by atoms with Crippen LogP contribution in [0.2, 0.25) is 0 Å². The quantitative estimate of drug-likeness (QED) is 0.846. The fourth-order valence-corrected chi connectivity index (χ4v) is 4.24. The lowest BCUT2D eigenvalue weighted by Crippen LogP contribution is -2.43. The van der Waals surface area contributed by atoms with Crippen LogP contribution < -0.4 is 0 Å². The molecule has 0 spiro atoms. The van der Waals surface area contributed by atoms with Gasteiger partial charge in [-0.3, -0.25) is 9.59 Å². The monoisotopic (exact) mass is 318 g/mol. The molecule has 2 aliphatic carbocycles. The first-order chi connectivity index (χ1) is 11.1. The lowest BCUT2D eigenvalue weighted by molar-refractivity contribution is -0.165. The van der Waals surface area contributed by atoms with Crippen molar-refractivity contribution in [1.82, 2.24) is 0 Å². The molecule has 0 aliphatic heterocycles. The number of carbonyl (C=O) groups is 2. The topological polar surface area (TPSA) is 72.8 Å². The van der Waals surface area contributed by atoms with Gasteiger partial charge in [-0.15, -0.1) is 0 Å². The zero-order valence-corrected chi connectivity index (χ0v) is 13.5. The molecule has 5 nitrogen and oxygen atoms in total. The minimum Gasteiger partial charge on any atom is -0.469 e. The Hall–Kier alpha value is -1.88. The number of benzene rings is 1. The van der Waals surface area contributed by atoms with E-state index in [1.807, 2.05) is 12.1 Å². The van der Waals surface area contributed by atoms with Gasteiger partial charge in [0.05, 0.1) is 26.2 Å². The molecule has 0 saturated heterocycles. The Kier molecular flexibility index (Phi) is 4.39. The van der Waals surface area contributed by atoms with Gasteiger partial charge in [0.2, 0.25) is 0 Å². The third-order valence-corrected chi connectivity index (χ3v) is 5.24. The van der Waals surface area contributed by atoms with Crippen LogP contribution in [0.15, 0.2) is 18.2 Å². The molecule has 0 unspecified atom stereocenters. The first-order valence-electron chi connectivity index (χ1n) is 8.05. The van der Waals surface area contributed by atoms with E-state index in [-0.39, 0.29) is 5.92 Å². The molecular formula is C18H22O5. The Morgan fingerprint density at radius 3 is 2.48 bits per heavy atom. The Bertz CT molecular complexity index is 624. The third kappa shape index (κ3) is 2.53. The van der Waals surface area contributed by atoms with Crippen LogP contribution in [0.4, 0.5) is 0 Å². The Labute approximate surface area is 135 Å². The fraction of sp³-hybridized carbons (Fsp3) is 0.556. The fourth-order valence-electron chi connectivity index (χ4n) is 4.24. The summed E-state index contributed by atoms with van der Waals surface area (Å²) in [5.74, 6) is -2.74. The molecule has 1 aromatic carbocycles. The molecule has 3 rings (SSSR count). The Balaban J connectivity index is 2.19. The van der Waals surface area contributed by atoms with Crippen LogP contribution >= 0.6 is 0 Å². The summed E-state index contributed by atoms with van der Waals surface area (Å²) in [4.78, 5) is 24.7. The highest BCUT2D eigenvalue weighted by atomic mass is 16.5. The molecular weight excluding hydrogens is 296 g/mol. The van der Waals surface area contributed by atoms with Crippen LogP contribution in [0.5, 0.6) is 0 Å². The van der Waals surface area contributed by atoms with Gasteiger partial charge in [0.25, 0.3) is 0 Å². The summed E-state index contributed by atoms with van der Waals surface area (Å²) in [6.07, 6.45) is 2.72. The summed E-state index contributed by atoms with van der Waals surface area (Å²) < 4.78 is 9.82. The standard InChI is InChI=1S/C18H22O5/c1-22-17(20)14-11-8-4-3-6-10-7-5-9-12(13(10)11)16(19)15(14)18(21)23-2/h5,7,9,11,14-16,19H,3-4,6,8H2,1-2H3/t11-,14-,15+,16-/m0/s1. The van der Waals surface area contributed by atoms with Crippen LogP contribution in [-0.2, 0) is 25.5 Å². The van der Waals surface area contributed by atoms with E-state index in [0.717, 1.165) is 36.8 Å².